The molecule has 0 aromatic heterocycles. The summed E-state index contributed by atoms with van der Waals surface area (Å²) < 4.78 is 10.7. The van der Waals surface area contributed by atoms with Crippen LogP contribution in [0.4, 0.5) is 0 Å². The average Bonchev–Trinajstić information content (AvgIpc) is 2.77. The first-order valence-corrected chi connectivity index (χ1v) is 9.22. The van der Waals surface area contributed by atoms with E-state index in [4.69, 9.17) is 9.47 Å². The summed E-state index contributed by atoms with van der Waals surface area (Å²) >= 11 is 0. The Morgan fingerprint density at radius 2 is 1.24 bits per heavy atom. The monoisotopic (exact) mass is 388 g/mol. The van der Waals surface area contributed by atoms with Crippen molar-refractivity contribution in [3.05, 3.63) is 96.1 Å². The van der Waals surface area contributed by atoms with E-state index < -0.39 is 11.8 Å². The predicted molar refractivity (Wildman–Crippen MR) is 108 cm³/mol. The van der Waals surface area contributed by atoms with Crippen LogP contribution in [0.2, 0.25) is 0 Å². The van der Waals surface area contributed by atoms with E-state index in [1.54, 1.807) is 36.4 Å². The highest BCUT2D eigenvalue weighted by Gasteiger charge is 2.17. The zero-order chi connectivity index (χ0) is 20.5. The Bertz CT molecular complexity index is 963. The number of rotatable bonds is 9. The van der Waals surface area contributed by atoms with E-state index in [0.717, 1.165) is 5.56 Å². The molecule has 0 aliphatic rings. The van der Waals surface area contributed by atoms with Crippen molar-refractivity contribution >= 4 is 17.5 Å². The van der Waals surface area contributed by atoms with E-state index in [2.05, 4.69) is 0 Å². The number of hydrogen-bond acceptors (Lipinski definition) is 5. The number of carbonyl (C=O) groups excluding carboxylic acids is 3. The van der Waals surface area contributed by atoms with Gasteiger partial charge in [-0.3, -0.25) is 9.59 Å². The maximum Gasteiger partial charge on any atom is 0.374 e. The summed E-state index contributed by atoms with van der Waals surface area (Å²) in [4.78, 5) is 36.0. The summed E-state index contributed by atoms with van der Waals surface area (Å²) in [5.74, 6) is -0.549. The molecule has 3 rings (SSSR count). The molecule has 0 N–H and O–H groups in total. The summed E-state index contributed by atoms with van der Waals surface area (Å²) in [7, 11) is 0. The molecular weight excluding hydrogens is 368 g/mol. The highest BCUT2D eigenvalue weighted by Crippen LogP contribution is 2.21. The summed E-state index contributed by atoms with van der Waals surface area (Å²) in [5, 5.41) is 0. The second-order valence-electron chi connectivity index (χ2n) is 6.35. The smallest absolute Gasteiger partial charge is 0.374 e. The van der Waals surface area contributed by atoms with Gasteiger partial charge in [0.05, 0.1) is 0 Å². The molecule has 0 bridgehead atoms. The second kappa shape index (κ2) is 9.99. The Hall–Kier alpha value is -3.73. The minimum atomic E-state index is -0.923. The number of para-hydroxylation sites is 1. The van der Waals surface area contributed by atoms with Crippen LogP contribution in [0.15, 0.2) is 84.9 Å². The maximum atomic E-state index is 12.3. The largest absolute Gasteiger partial charge is 0.457 e. The Kier molecular flexibility index (Phi) is 6.90. The summed E-state index contributed by atoms with van der Waals surface area (Å²) in [6, 6.07) is 25.0. The zero-order valence-corrected chi connectivity index (χ0v) is 15.7. The van der Waals surface area contributed by atoms with E-state index in [-0.39, 0.29) is 25.2 Å². The molecule has 5 nitrogen and oxygen atoms in total. The summed E-state index contributed by atoms with van der Waals surface area (Å²) in [6.07, 6.45) is -0.243. The lowest BCUT2D eigenvalue weighted by atomic mass is 10.0. The van der Waals surface area contributed by atoms with Gasteiger partial charge in [-0.25, -0.2) is 4.79 Å². The van der Waals surface area contributed by atoms with Crippen LogP contribution < -0.4 is 4.74 Å². The number of ether oxygens (including phenoxy) is 2. The van der Waals surface area contributed by atoms with Gasteiger partial charge in [-0.1, -0.05) is 48.5 Å². The van der Waals surface area contributed by atoms with Crippen molar-refractivity contribution in [2.24, 2.45) is 0 Å². The molecule has 0 fully saturated rings. The van der Waals surface area contributed by atoms with Crippen LogP contribution in [-0.4, -0.2) is 17.5 Å². The van der Waals surface area contributed by atoms with Crippen molar-refractivity contribution in [3.63, 3.8) is 0 Å². The molecule has 0 unspecified atom stereocenters. The number of hydrogen-bond donors (Lipinski definition) is 0. The maximum absolute atomic E-state index is 12.3. The molecule has 0 atom stereocenters. The third-order valence-electron chi connectivity index (χ3n) is 4.17. The molecule has 0 saturated heterocycles. The molecule has 3 aromatic carbocycles. The van der Waals surface area contributed by atoms with Gasteiger partial charge < -0.3 is 9.47 Å². The molecule has 0 radical (unpaired) electrons. The Morgan fingerprint density at radius 3 is 1.90 bits per heavy atom. The predicted octanol–water partition coefficient (Wildman–Crippen LogP) is 4.75. The molecule has 0 saturated carbocycles. The van der Waals surface area contributed by atoms with Crippen molar-refractivity contribution in [1.29, 1.82) is 0 Å². The quantitative estimate of drug-likeness (QED) is 0.300. The van der Waals surface area contributed by atoms with Gasteiger partial charge in [-0.15, -0.1) is 0 Å². The fourth-order valence-corrected chi connectivity index (χ4v) is 2.61. The van der Waals surface area contributed by atoms with E-state index in [0.29, 0.717) is 17.1 Å². The van der Waals surface area contributed by atoms with Crippen LogP contribution >= 0.6 is 0 Å². The van der Waals surface area contributed by atoms with Crippen molar-refractivity contribution in [1.82, 2.24) is 0 Å². The van der Waals surface area contributed by atoms with Gasteiger partial charge in [0.1, 0.15) is 18.1 Å². The highest BCUT2D eigenvalue weighted by molar-refractivity contribution is 6.34. The Labute approximate surface area is 168 Å². The van der Waals surface area contributed by atoms with Crippen LogP contribution in [0.5, 0.6) is 11.5 Å². The number of benzene rings is 3. The lowest BCUT2D eigenvalue weighted by molar-refractivity contribution is -0.154. The van der Waals surface area contributed by atoms with E-state index in [9.17, 15) is 14.4 Å². The van der Waals surface area contributed by atoms with Gasteiger partial charge in [0.15, 0.2) is 5.78 Å². The van der Waals surface area contributed by atoms with Crippen LogP contribution in [0.25, 0.3) is 0 Å². The normalized spacial score (nSPS) is 10.2. The molecular formula is C24H20O5. The lowest BCUT2D eigenvalue weighted by Gasteiger charge is -2.06. The minimum absolute atomic E-state index is 0.0300. The molecule has 5 heteroatoms. The highest BCUT2D eigenvalue weighted by atomic mass is 16.5. The molecule has 0 amide bonds. The van der Waals surface area contributed by atoms with Gasteiger partial charge in [-0.05, 0) is 42.0 Å². The Balaban J connectivity index is 1.45. The first-order valence-electron chi connectivity index (χ1n) is 9.22. The van der Waals surface area contributed by atoms with Crippen LogP contribution in [0.1, 0.15) is 28.8 Å². The minimum Gasteiger partial charge on any atom is -0.457 e. The van der Waals surface area contributed by atoms with Crippen molar-refractivity contribution in [2.75, 3.05) is 0 Å². The molecule has 0 spiro atoms. The van der Waals surface area contributed by atoms with Crippen molar-refractivity contribution in [3.8, 4) is 11.5 Å². The molecule has 3 aromatic rings. The van der Waals surface area contributed by atoms with Gasteiger partial charge in [0, 0.05) is 18.4 Å². The first kappa shape index (κ1) is 20.0. The summed E-state index contributed by atoms with van der Waals surface area (Å²) in [6.45, 7) is 0.0300. The third-order valence-corrected chi connectivity index (χ3v) is 4.17. The second-order valence-corrected chi connectivity index (χ2v) is 6.35. The average molecular weight is 388 g/mol. The summed E-state index contributed by atoms with van der Waals surface area (Å²) in [5.41, 5.74) is 1.25. The van der Waals surface area contributed by atoms with Crippen molar-refractivity contribution < 1.29 is 23.9 Å². The van der Waals surface area contributed by atoms with Gasteiger partial charge in [-0.2, -0.15) is 0 Å². The fourth-order valence-electron chi connectivity index (χ4n) is 2.61. The van der Waals surface area contributed by atoms with Crippen molar-refractivity contribution in [2.45, 2.75) is 19.4 Å². The Morgan fingerprint density at radius 1 is 0.655 bits per heavy atom. The standard InChI is InChI=1S/C24H20O5/c25-22(15-16-23(26)24(27)28-17-18-7-3-1-4-8-18)19-11-13-21(14-12-19)29-20-9-5-2-6-10-20/h1-14H,15-17H2. The number of ketones is 2. The van der Waals surface area contributed by atoms with E-state index in [1.165, 1.54) is 0 Å². The third kappa shape index (κ3) is 6.14. The van der Waals surface area contributed by atoms with Crippen LogP contribution in [0.3, 0.4) is 0 Å². The topological polar surface area (TPSA) is 69.7 Å². The van der Waals surface area contributed by atoms with E-state index >= 15 is 0 Å². The van der Waals surface area contributed by atoms with Gasteiger partial charge in [0.2, 0.25) is 5.78 Å². The first-order chi connectivity index (χ1) is 14.1. The number of Topliss-reactive ketones (excluding diaryl/α,β-unsaturated/α-hetero) is 2. The number of esters is 1. The molecule has 0 aliphatic heterocycles. The molecule has 29 heavy (non-hydrogen) atoms. The van der Waals surface area contributed by atoms with Gasteiger partial charge >= 0.3 is 5.97 Å². The lowest BCUT2D eigenvalue weighted by Crippen LogP contribution is -2.18. The van der Waals surface area contributed by atoms with Crippen LogP contribution in [-0.2, 0) is 20.9 Å². The van der Waals surface area contributed by atoms with Gasteiger partial charge in [0.25, 0.3) is 0 Å². The van der Waals surface area contributed by atoms with Crippen LogP contribution in [0, 0.1) is 0 Å². The molecule has 0 aliphatic carbocycles. The SMILES string of the molecule is O=C(CCC(=O)c1ccc(Oc2ccccc2)cc1)C(=O)OCc1ccccc1. The fraction of sp³-hybridized carbons (Fsp3) is 0.125. The van der Waals surface area contributed by atoms with E-state index in [1.807, 2.05) is 48.5 Å². The molecule has 0 heterocycles. The molecule has 146 valence electrons. The zero-order valence-electron chi connectivity index (χ0n) is 15.7. The number of carbonyl (C=O) groups is 3.